The first-order valence-electron chi connectivity index (χ1n) is 6.51. The Hall–Kier alpha value is -0.680. The lowest BCUT2D eigenvalue weighted by atomic mass is 10.1. The van der Waals surface area contributed by atoms with E-state index in [-0.39, 0.29) is 0 Å². The molecule has 1 aromatic heterocycles. The number of anilines is 1. The highest BCUT2D eigenvalue weighted by Gasteiger charge is 2.21. The van der Waals surface area contributed by atoms with Crippen LogP contribution in [0.25, 0.3) is 0 Å². The lowest BCUT2D eigenvalue weighted by molar-refractivity contribution is 0.395. The normalized spacial score (nSPS) is 20.3. The molecule has 2 rings (SSSR count). The molecule has 0 radical (unpaired) electrons. The van der Waals surface area contributed by atoms with Gasteiger partial charge in [0.1, 0.15) is 16.2 Å². The summed E-state index contributed by atoms with van der Waals surface area (Å²) in [6.07, 6.45) is 2.15. The van der Waals surface area contributed by atoms with Crippen LogP contribution >= 0.6 is 15.9 Å². The van der Waals surface area contributed by atoms with E-state index in [0.29, 0.717) is 0 Å². The molecule has 2 heterocycles. The van der Waals surface area contributed by atoms with Crippen LogP contribution < -0.4 is 4.90 Å². The largest absolute Gasteiger partial charge is 0.359 e. The Bertz CT molecular complexity index is 410. The summed E-state index contributed by atoms with van der Waals surface area (Å²) in [6.45, 7) is 5.55. The van der Waals surface area contributed by atoms with Crippen molar-refractivity contribution in [1.29, 1.82) is 0 Å². The average molecular weight is 313 g/mol. The fourth-order valence-corrected chi connectivity index (χ4v) is 2.87. The Morgan fingerprint density at radius 2 is 2.28 bits per heavy atom. The van der Waals surface area contributed by atoms with Gasteiger partial charge in [0.15, 0.2) is 0 Å². The van der Waals surface area contributed by atoms with Gasteiger partial charge >= 0.3 is 0 Å². The van der Waals surface area contributed by atoms with Gasteiger partial charge in [0.25, 0.3) is 0 Å². The first kappa shape index (κ1) is 13.7. The van der Waals surface area contributed by atoms with Crippen LogP contribution in [0.3, 0.4) is 0 Å². The summed E-state index contributed by atoms with van der Waals surface area (Å²) in [5.74, 6) is 2.66. The van der Waals surface area contributed by atoms with Gasteiger partial charge in [0.2, 0.25) is 0 Å². The highest BCUT2D eigenvalue weighted by molar-refractivity contribution is 9.10. The molecule has 18 heavy (non-hydrogen) atoms. The third kappa shape index (κ3) is 3.42. The van der Waals surface area contributed by atoms with Crippen molar-refractivity contribution < 1.29 is 0 Å². The van der Waals surface area contributed by atoms with E-state index in [0.717, 1.165) is 35.1 Å². The minimum atomic E-state index is 0.749. The van der Waals surface area contributed by atoms with Crippen LogP contribution in [0.4, 0.5) is 5.82 Å². The van der Waals surface area contributed by atoms with Crippen molar-refractivity contribution in [3.8, 4) is 0 Å². The minimum Gasteiger partial charge on any atom is -0.359 e. The molecule has 1 unspecified atom stereocenters. The highest BCUT2D eigenvalue weighted by Crippen LogP contribution is 2.20. The van der Waals surface area contributed by atoms with E-state index in [4.69, 9.17) is 0 Å². The molecule has 1 atom stereocenters. The van der Waals surface area contributed by atoms with Gasteiger partial charge in [-0.25, -0.2) is 9.97 Å². The molecule has 100 valence electrons. The maximum absolute atomic E-state index is 4.58. The first-order valence-corrected chi connectivity index (χ1v) is 7.31. The zero-order valence-electron chi connectivity index (χ0n) is 11.4. The van der Waals surface area contributed by atoms with Gasteiger partial charge in [0, 0.05) is 32.6 Å². The summed E-state index contributed by atoms with van der Waals surface area (Å²) in [5.41, 5.74) is 0. The van der Waals surface area contributed by atoms with Crippen molar-refractivity contribution in [2.45, 2.75) is 19.8 Å². The number of hydrogen-bond acceptors (Lipinski definition) is 4. The number of hydrogen-bond donors (Lipinski definition) is 0. The maximum Gasteiger partial charge on any atom is 0.133 e. The summed E-state index contributed by atoms with van der Waals surface area (Å²) < 4.78 is 0.875. The quantitative estimate of drug-likeness (QED) is 0.798. The van der Waals surface area contributed by atoms with Gasteiger partial charge in [-0.1, -0.05) is 6.92 Å². The average Bonchev–Trinajstić information content (AvgIpc) is 2.73. The molecule has 1 aliphatic rings. The fraction of sp³-hybridized carbons (Fsp3) is 0.692. The van der Waals surface area contributed by atoms with Crippen molar-refractivity contribution in [3.63, 3.8) is 0 Å². The van der Waals surface area contributed by atoms with Crippen LogP contribution in [0.1, 0.15) is 19.2 Å². The van der Waals surface area contributed by atoms with E-state index >= 15 is 0 Å². The van der Waals surface area contributed by atoms with Gasteiger partial charge < -0.3 is 9.80 Å². The summed E-state index contributed by atoms with van der Waals surface area (Å²) in [7, 11) is 4.31. The molecule has 1 aliphatic heterocycles. The molecule has 0 N–H and O–H groups in total. The number of halogens is 1. The SMILES string of the molecule is CCc1nc(Br)cc(N(C)CC2CCN(C)C2)n1. The molecule has 0 aliphatic carbocycles. The van der Waals surface area contributed by atoms with Gasteiger partial charge in [-0.05, 0) is 41.9 Å². The molecule has 0 amide bonds. The Kier molecular flexibility index (Phi) is 4.56. The molecule has 1 aromatic rings. The Labute approximate surface area is 118 Å². The van der Waals surface area contributed by atoms with Gasteiger partial charge in [0.05, 0.1) is 0 Å². The van der Waals surface area contributed by atoms with Crippen LogP contribution in [-0.2, 0) is 6.42 Å². The molecule has 0 saturated carbocycles. The molecule has 0 aromatic carbocycles. The summed E-state index contributed by atoms with van der Waals surface area (Å²) in [6, 6.07) is 2.00. The Balaban J connectivity index is 2.03. The number of aromatic nitrogens is 2. The predicted octanol–water partition coefficient (Wildman–Crippen LogP) is 2.19. The lowest BCUT2D eigenvalue weighted by Crippen LogP contribution is -2.28. The van der Waals surface area contributed by atoms with Crippen molar-refractivity contribution in [1.82, 2.24) is 14.9 Å². The van der Waals surface area contributed by atoms with Crippen molar-refractivity contribution in [2.24, 2.45) is 5.92 Å². The summed E-state index contributed by atoms with van der Waals surface area (Å²) in [4.78, 5) is 13.6. The molecular weight excluding hydrogens is 292 g/mol. The topological polar surface area (TPSA) is 32.3 Å². The standard InChI is InChI=1S/C13H21BrN4/c1-4-12-15-11(14)7-13(16-12)18(3)9-10-5-6-17(2)8-10/h7,10H,4-6,8-9H2,1-3H3. The molecule has 0 bridgehead atoms. The lowest BCUT2D eigenvalue weighted by Gasteiger charge is -2.22. The molecule has 4 nitrogen and oxygen atoms in total. The highest BCUT2D eigenvalue weighted by atomic mass is 79.9. The van der Waals surface area contributed by atoms with E-state index in [1.807, 2.05) is 6.07 Å². The smallest absolute Gasteiger partial charge is 0.133 e. The molecule has 5 heteroatoms. The summed E-state index contributed by atoms with van der Waals surface area (Å²) in [5, 5.41) is 0. The van der Waals surface area contributed by atoms with E-state index in [2.05, 4.69) is 56.7 Å². The second kappa shape index (κ2) is 5.97. The van der Waals surface area contributed by atoms with Crippen molar-refractivity contribution >= 4 is 21.7 Å². The number of nitrogens with zero attached hydrogens (tertiary/aromatic N) is 4. The Morgan fingerprint density at radius 1 is 1.50 bits per heavy atom. The maximum atomic E-state index is 4.58. The molecular formula is C13H21BrN4. The van der Waals surface area contributed by atoms with Gasteiger partial charge in [-0.2, -0.15) is 0 Å². The third-order valence-corrected chi connectivity index (χ3v) is 3.86. The number of likely N-dealkylation sites (tertiary alicyclic amines) is 1. The zero-order valence-corrected chi connectivity index (χ0v) is 12.9. The van der Waals surface area contributed by atoms with E-state index in [1.165, 1.54) is 19.5 Å². The number of rotatable bonds is 4. The van der Waals surface area contributed by atoms with Gasteiger partial charge in [-0.3, -0.25) is 0 Å². The third-order valence-electron chi connectivity index (χ3n) is 3.46. The van der Waals surface area contributed by atoms with E-state index < -0.39 is 0 Å². The van der Waals surface area contributed by atoms with Crippen molar-refractivity contribution in [3.05, 3.63) is 16.5 Å². The monoisotopic (exact) mass is 312 g/mol. The summed E-state index contributed by atoms with van der Waals surface area (Å²) >= 11 is 3.46. The second-order valence-electron chi connectivity index (χ2n) is 5.12. The van der Waals surface area contributed by atoms with Crippen LogP contribution in [-0.4, -0.2) is 48.6 Å². The molecule has 1 saturated heterocycles. The van der Waals surface area contributed by atoms with Crippen LogP contribution in [0.5, 0.6) is 0 Å². The van der Waals surface area contributed by atoms with Crippen LogP contribution in [0.15, 0.2) is 10.7 Å². The Morgan fingerprint density at radius 3 is 2.89 bits per heavy atom. The van der Waals surface area contributed by atoms with Crippen molar-refractivity contribution in [2.75, 3.05) is 38.6 Å². The van der Waals surface area contributed by atoms with Crippen LogP contribution in [0, 0.1) is 5.92 Å². The predicted molar refractivity (Wildman–Crippen MR) is 78.0 cm³/mol. The van der Waals surface area contributed by atoms with Gasteiger partial charge in [-0.15, -0.1) is 0 Å². The first-order chi connectivity index (χ1) is 8.58. The van der Waals surface area contributed by atoms with Crippen LogP contribution in [0.2, 0.25) is 0 Å². The van der Waals surface area contributed by atoms with E-state index in [1.54, 1.807) is 0 Å². The van der Waals surface area contributed by atoms with E-state index in [9.17, 15) is 0 Å². The number of aryl methyl sites for hydroxylation is 1. The molecule has 0 spiro atoms. The second-order valence-corrected chi connectivity index (χ2v) is 5.93. The zero-order chi connectivity index (χ0) is 13.1. The fourth-order valence-electron chi connectivity index (χ4n) is 2.46. The molecule has 1 fully saturated rings. The minimum absolute atomic E-state index is 0.749.